The predicted molar refractivity (Wildman–Crippen MR) is 65.4 cm³/mol. The summed E-state index contributed by atoms with van der Waals surface area (Å²) in [6.07, 6.45) is 1.48. The SMILES string of the molecule is COc1ccccc1C1(C(C)=O)CCOCC1. The van der Waals surface area contributed by atoms with Crippen molar-refractivity contribution in [2.75, 3.05) is 20.3 Å². The molecule has 0 bridgehead atoms. The maximum absolute atomic E-state index is 12.1. The smallest absolute Gasteiger partial charge is 0.140 e. The number of hydrogen-bond acceptors (Lipinski definition) is 3. The molecular formula is C14H18O3. The number of carbonyl (C=O) groups excluding carboxylic acids is 1. The number of hydrogen-bond donors (Lipinski definition) is 0. The van der Waals surface area contributed by atoms with Crippen LogP contribution in [0.4, 0.5) is 0 Å². The second-order valence-corrected chi connectivity index (χ2v) is 4.45. The second kappa shape index (κ2) is 4.88. The Balaban J connectivity index is 2.48. The average Bonchev–Trinajstić information content (AvgIpc) is 2.39. The summed E-state index contributed by atoms with van der Waals surface area (Å²) in [5.74, 6) is 0.995. The van der Waals surface area contributed by atoms with E-state index in [1.54, 1.807) is 14.0 Å². The van der Waals surface area contributed by atoms with Crippen LogP contribution in [0, 0.1) is 0 Å². The van der Waals surface area contributed by atoms with Crippen LogP contribution in [0.3, 0.4) is 0 Å². The number of Topliss-reactive ketones (excluding diaryl/α,β-unsaturated/α-hetero) is 1. The summed E-state index contributed by atoms with van der Waals surface area (Å²) in [6, 6.07) is 7.79. The van der Waals surface area contributed by atoms with Gasteiger partial charge in [-0.25, -0.2) is 0 Å². The maximum Gasteiger partial charge on any atom is 0.140 e. The van der Waals surface area contributed by atoms with Gasteiger partial charge in [0.25, 0.3) is 0 Å². The van der Waals surface area contributed by atoms with E-state index in [9.17, 15) is 4.79 Å². The van der Waals surface area contributed by atoms with E-state index in [0.717, 1.165) is 24.2 Å². The molecule has 0 radical (unpaired) electrons. The monoisotopic (exact) mass is 234 g/mol. The largest absolute Gasteiger partial charge is 0.496 e. The molecule has 0 N–H and O–H groups in total. The highest BCUT2D eigenvalue weighted by Crippen LogP contribution is 2.40. The summed E-state index contributed by atoms with van der Waals surface area (Å²) in [5, 5.41) is 0. The first-order valence-electron chi connectivity index (χ1n) is 5.93. The molecule has 2 rings (SSSR count). The molecule has 0 aromatic heterocycles. The highest BCUT2D eigenvalue weighted by molar-refractivity contribution is 5.89. The maximum atomic E-state index is 12.1. The van der Waals surface area contributed by atoms with Gasteiger partial charge in [-0.2, -0.15) is 0 Å². The Labute approximate surface area is 102 Å². The number of carbonyl (C=O) groups is 1. The third-order valence-corrected chi connectivity index (χ3v) is 3.64. The molecule has 92 valence electrons. The molecule has 1 aliphatic heterocycles. The van der Waals surface area contributed by atoms with E-state index in [-0.39, 0.29) is 5.78 Å². The van der Waals surface area contributed by atoms with Gasteiger partial charge in [0, 0.05) is 18.8 Å². The molecule has 17 heavy (non-hydrogen) atoms. The first-order valence-corrected chi connectivity index (χ1v) is 5.93. The molecule has 0 aliphatic carbocycles. The van der Waals surface area contributed by atoms with Crippen molar-refractivity contribution in [3.63, 3.8) is 0 Å². The van der Waals surface area contributed by atoms with Gasteiger partial charge in [0.2, 0.25) is 0 Å². The molecule has 1 aromatic carbocycles. The highest BCUT2D eigenvalue weighted by atomic mass is 16.5. The first-order chi connectivity index (χ1) is 8.20. The van der Waals surface area contributed by atoms with E-state index in [0.29, 0.717) is 13.2 Å². The van der Waals surface area contributed by atoms with Crippen molar-refractivity contribution in [1.82, 2.24) is 0 Å². The number of ketones is 1. The zero-order valence-corrected chi connectivity index (χ0v) is 10.4. The predicted octanol–water partition coefficient (Wildman–Crippen LogP) is 2.33. The lowest BCUT2D eigenvalue weighted by molar-refractivity contribution is -0.126. The summed E-state index contributed by atoms with van der Waals surface area (Å²) in [5.41, 5.74) is 0.573. The number of rotatable bonds is 3. The molecule has 0 amide bonds. The van der Waals surface area contributed by atoms with Crippen LogP contribution in [-0.4, -0.2) is 26.1 Å². The standard InChI is InChI=1S/C14H18O3/c1-11(15)14(7-9-17-10-8-14)12-5-3-4-6-13(12)16-2/h3-6H,7-10H2,1-2H3. The molecule has 0 saturated carbocycles. The minimum Gasteiger partial charge on any atom is -0.496 e. The Morgan fingerprint density at radius 1 is 1.29 bits per heavy atom. The van der Waals surface area contributed by atoms with Crippen LogP contribution in [-0.2, 0) is 14.9 Å². The fraction of sp³-hybridized carbons (Fsp3) is 0.500. The fourth-order valence-electron chi connectivity index (χ4n) is 2.57. The van der Waals surface area contributed by atoms with Crippen molar-refractivity contribution < 1.29 is 14.3 Å². The first kappa shape index (κ1) is 12.1. The van der Waals surface area contributed by atoms with Gasteiger partial charge in [-0.05, 0) is 25.8 Å². The summed E-state index contributed by atoms with van der Waals surface area (Å²) in [7, 11) is 1.64. The minimum atomic E-state index is -0.426. The van der Waals surface area contributed by atoms with Crippen molar-refractivity contribution in [3.8, 4) is 5.75 Å². The molecular weight excluding hydrogens is 216 g/mol. The lowest BCUT2D eigenvalue weighted by Crippen LogP contribution is -2.40. The van der Waals surface area contributed by atoms with E-state index in [1.807, 2.05) is 24.3 Å². The van der Waals surface area contributed by atoms with Gasteiger partial charge in [-0.1, -0.05) is 18.2 Å². The Bertz CT molecular complexity index is 406. The third-order valence-electron chi connectivity index (χ3n) is 3.64. The molecule has 3 nitrogen and oxygen atoms in total. The quantitative estimate of drug-likeness (QED) is 0.805. The minimum absolute atomic E-state index is 0.199. The van der Waals surface area contributed by atoms with Crippen LogP contribution in [0.1, 0.15) is 25.3 Å². The lowest BCUT2D eigenvalue weighted by Gasteiger charge is -2.36. The zero-order chi connectivity index (χ0) is 12.3. The van der Waals surface area contributed by atoms with Crippen molar-refractivity contribution >= 4 is 5.78 Å². The molecule has 1 heterocycles. The Hall–Kier alpha value is -1.35. The molecule has 0 unspecified atom stereocenters. The Kier molecular flexibility index (Phi) is 3.48. The summed E-state index contributed by atoms with van der Waals surface area (Å²) in [6.45, 7) is 2.94. The van der Waals surface area contributed by atoms with Gasteiger partial charge in [0.05, 0.1) is 12.5 Å². The highest BCUT2D eigenvalue weighted by Gasteiger charge is 2.40. The number of methoxy groups -OCH3 is 1. The molecule has 0 atom stereocenters. The van der Waals surface area contributed by atoms with Crippen LogP contribution in [0.15, 0.2) is 24.3 Å². The lowest BCUT2D eigenvalue weighted by atomic mass is 9.71. The normalized spacial score (nSPS) is 18.7. The molecule has 1 fully saturated rings. The Morgan fingerprint density at radius 2 is 1.94 bits per heavy atom. The van der Waals surface area contributed by atoms with E-state index >= 15 is 0 Å². The van der Waals surface area contributed by atoms with Crippen LogP contribution in [0.2, 0.25) is 0 Å². The van der Waals surface area contributed by atoms with Gasteiger partial charge in [0.1, 0.15) is 11.5 Å². The van der Waals surface area contributed by atoms with E-state index in [4.69, 9.17) is 9.47 Å². The second-order valence-electron chi connectivity index (χ2n) is 4.45. The van der Waals surface area contributed by atoms with Crippen molar-refractivity contribution in [2.24, 2.45) is 0 Å². The van der Waals surface area contributed by atoms with Crippen LogP contribution >= 0.6 is 0 Å². The summed E-state index contributed by atoms with van der Waals surface area (Å²) in [4.78, 5) is 12.1. The molecule has 1 aromatic rings. The number of ether oxygens (including phenoxy) is 2. The summed E-state index contributed by atoms with van der Waals surface area (Å²) >= 11 is 0. The fourth-order valence-corrected chi connectivity index (χ4v) is 2.57. The van der Waals surface area contributed by atoms with Crippen molar-refractivity contribution in [3.05, 3.63) is 29.8 Å². The Morgan fingerprint density at radius 3 is 2.53 bits per heavy atom. The van der Waals surface area contributed by atoms with Crippen LogP contribution in [0.5, 0.6) is 5.75 Å². The average molecular weight is 234 g/mol. The van der Waals surface area contributed by atoms with Crippen molar-refractivity contribution in [1.29, 1.82) is 0 Å². The van der Waals surface area contributed by atoms with Gasteiger partial charge < -0.3 is 9.47 Å². The molecule has 1 saturated heterocycles. The van der Waals surface area contributed by atoms with Gasteiger partial charge >= 0.3 is 0 Å². The van der Waals surface area contributed by atoms with Gasteiger partial charge in [-0.15, -0.1) is 0 Å². The topological polar surface area (TPSA) is 35.5 Å². The zero-order valence-electron chi connectivity index (χ0n) is 10.4. The van der Waals surface area contributed by atoms with E-state index in [2.05, 4.69) is 0 Å². The van der Waals surface area contributed by atoms with Crippen LogP contribution in [0.25, 0.3) is 0 Å². The molecule has 1 aliphatic rings. The third kappa shape index (κ3) is 2.07. The molecule has 3 heteroatoms. The number of benzene rings is 1. The summed E-state index contributed by atoms with van der Waals surface area (Å²) < 4.78 is 10.8. The van der Waals surface area contributed by atoms with Crippen LogP contribution < -0.4 is 4.74 Å². The number of para-hydroxylation sites is 1. The molecule has 0 spiro atoms. The van der Waals surface area contributed by atoms with Gasteiger partial charge in [0.15, 0.2) is 0 Å². The van der Waals surface area contributed by atoms with E-state index < -0.39 is 5.41 Å². The van der Waals surface area contributed by atoms with E-state index in [1.165, 1.54) is 0 Å². The van der Waals surface area contributed by atoms with Crippen molar-refractivity contribution in [2.45, 2.75) is 25.2 Å². The van der Waals surface area contributed by atoms with Gasteiger partial charge in [-0.3, -0.25) is 4.79 Å².